The van der Waals surface area contributed by atoms with Gasteiger partial charge in [0, 0.05) is 19.1 Å². The van der Waals surface area contributed by atoms with Gasteiger partial charge in [0.25, 0.3) is 5.91 Å². The van der Waals surface area contributed by atoms with Crippen LogP contribution in [0.25, 0.3) is 0 Å². The number of amides is 1. The topological polar surface area (TPSA) is 90.8 Å². The molecule has 0 aliphatic carbocycles. The SMILES string of the molecule is COc1cc2c(cc1OC(N)C(N)=O)CCN1CC(c3cc(C)ccc3C)CCC21. The van der Waals surface area contributed by atoms with Crippen LogP contribution in [0.2, 0.25) is 0 Å². The van der Waals surface area contributed by atoms with E-state index in [-0.39, 0.29) is 0 Å². The number of hydrogen-bond acceptors (Lipinski definition) is 5. The largest absolute Gasteiger partial charge is 0.493 e. The minimum absolute atomic E-state index is 0.378. The van der Waals surface area contributed by atoms with Crippen molar-refractivity contribution in [3.63, 3.8) is 0 Å². The molecular weight excluding hydrogens is 378 g/mol. The van der Waals surface area contributed by atoms with Crippen molar-refractivity contribution in [3.8, 4) is 11.5 Å². The van der Waals surface area contributed by atoms with Gasteiger partial charge in [0.1, 0.15) is 0 Å². The Morgan fingerprint density at radius 1 is 1.13 bits per heavy atom. The van der Waals surface area contributed by atoms with E-state index >= 15 is 0 Å². The second-order valence-electron chi connectivity index (χ2n) is 8.54. The molecule has 2 aromatic carbocycles. The fourth-order valence-electron chi connectivity index (χ4n) is 4.95. The Bertz CT molecular complexity index is 959. The van der Waals surface area contributed by atoms with E-state index in [0.29, 0.717) is 23.5 Å². The highest BCUT2D eigenvalue weighted by Crippen LogP contribution is 2.45. The van der Waals surface area contributed by atoms with Crippen molar-refractivity contribution in [2.75, 3.05) is 20.2 Å². The quantitative estimate of drug-likeness (QED) is 0.741. The summed E-state index contributed by atoms with van der Waals surface area (Å²) in [6.07, 6.45) is 2.01. The Hall–Kier alpha value is -2.57. The molecule has 0 saturated carbocycles. The molecule has 4 N–H and O–H groups in total. The number of aryl methyl sites for hydroxylation is 2. The number of hydrogen-bond donors (Lipinski definition) is 2. The molecule has 1 amide bonds. The van der Waals surface area contributed by atoms with Crippen molar-refractivity contribution >= 4 is 5.91 Å². The zero-order valence-electron chi connectivity index (χ0n) is 18.0. The van der Waals surface area contributed by atoms with Crippen molar-refractivity contribution in [3.05, 3.63) is 58.1 Å². The van der Waals surface area contributed by atoms with E-state index < -0.39 is 12.1 Å². The molecule has 6 heteroatoms. The lowest BCUT2D eigenvalue weighted by atomic mass is 9.80. The molecule has 1 saturated heterocycles. The van der Waals surface area contributed by atoms with Crippen molar-refractivity contribution < 1.29 is 14.3 Å². The minimum atomic E-state index is -1.19. The number of nitrogens with two attached hydrogens (primary N) is 2. The highest BCUT2D eigenvalue weighted by molar-refractivity contribution is 5.78. The van der Waals surface area contributed by atoms with Gasteiger partial charge in [-0.15, -0.1) is 0 Å². The zero-order chi connectivity index (χ0) is 21.4. The third kappa shape index (κ3) is 3.89. The fraction of sp³-hybridized carbons (Fsp3) is 0.458. The molecule has 30 heavy (non-hydrogen) atoms. The van der Waals surface area contributed by atoms with Crippen LogP contribution in [-0.4, -0.2) is 37.2 Å². The first-order valence-electron chi connectivity index (χ1n) is 10.6. The summed E-state index contributed by atoms with van der Waals surface area (Å²) in [5, 5.41) is 0. The van der Waals surface area contributed by atoms with E-state index in [1.54, 1.807) is 7.11 Å². The lowest BCUT2D eigenvalue weighted by Gasteiger charge is -2.44. The summed E-state index contributed by atoms with van der Waals surface area (Å²) in [7, 11) is 1.60. The number of ether oxygens (including phenoxy) is 2. The average molecular weight is 410 g/mol. The summed E-state index contributed by atoms with van der Waals surface area (Å²) < 4.78 is 11.1. The number of carbonyl (C=O) groups excluding carboxylic acids is 1. The van der Waals surface area contributed by atoms with E-state index in [4.69, 9.17) is 20.9 Å². The van der Waals surface area contributed by atoms with Gasteiger partial charge in [-0.3, -0.25) is 15.4 Å². The van der Waals surface area contributed by atoms with Crippen LogP contribution in [0, 0.1) is 13.8 Å². The van der Waals surface area contributed by atoms with Crippen molar-refractivity contribution in [1.82, 2.24) is 4.90 Å². The lowest BCUT2D eigenvalue weighted by molar-refractivity contribution is -0.124. The maximum Gasteiger partial charge on any atom is 0.273 e. The number of primary amides is 1. The number of nitrogens with zero attached hydrogens (tertiary/aromatic N) is 1. The van der Waals surface area contributed by atoms with Gasteiger partial charge in [-0.25, -0.2) is 0 Å². The maximum absolute atomic E-state index is 11.3. The van der Waals surface area contributed by atoms with Gasteiger partial charge in [-0.2, -0.15) is 0 Å². The zero-order valence-corrected chi connectivity index (χ0v) is 18.0. The normalized spacial score (nSPS) is 22.0. The highest BCUT2D eigenvalue weighted by Gasteiger charge is 2.35. The van der Waals surface area contributed by atoms with E-state index in [9.17, 15) is 4.79 Å². The summed E-state index contributed by atoms with van der Waals surface area (Å²) in [6.45, 7) is 6.46. The van der Waals surface area contributed by atoms with Crippen molar-refractivity contribution in [2.45, 2.75) is 51.3 Å². The van der Waals surface area contributed by atoms with Gasteiger partial charge < -0.3 is 15.2 Å². The average Bonchev–Trinajstić information content (AvgIpc) is 2.74. The standard InChI is InChI=1S/C24H31N3O3/c1-14-4-5-15(2)18(10-14)17-6-7-20-19-12-21(29-3)22(30-24(26)23(25)28)11-16(19)8-9-27(20)13-17/h4-5,10-12,17,20,24H,6-9,13,26H2,1-3H3,(H2,25,28). The predicted molar refractivity (Wildman–Crippen MR) is 117 cm³/mol. The Morgan fingerprint density at radius 2 is 1.93 bits per heavy atom. The predicted octanol–water partition coefficient (Wildman–Crippen LogP) is 2.94. The number of benzene rings is 2. The summed E-state index contributed by atoms with van der Waals surface area (Å²) in [5.74, 6) is 0.926. The molecule has 6 nitrogen and oxygen atoms in total. The van der Waals surface area contributed by atoms with Crippen LogP contribution in [-0.2, 0) is 11.2 Å². The summed E-state index contributed by atoms with van der Waals surface area (Å²) >= 11 is 0. The molecule has 0 bridgehead atoms. The van der Waals surface area contributed by atoms with Gasteiger partial charge in [0.15, 0.2) is 11.5 Å². The molecule has 3 unspecified atom stereocenters. The summed E-state index contributed by atoms with van der Waals surface area (Å²) in [5.41, 5.74) is 17.7. The second-order valence-corrected chi connectivity index (χ2v) is 8.54. The second kappa shape index (κ2) is 8.28. The van der Waals surface area contributed by atoms with Gasteiger partial charge in [0.2, 0.25) is 6.23 Å². The Morgan fingerprint density at radius 3 is 2.67 bits per heavy atom. The number of rotatable bonds is 5. The third-order valence-electron chi connectivity index (χ3n) is 6.55. The molecule has 2 aliphatic heterocycles. The highest BCUT2D eigenvalue weighted by atomic mass is 16.5. The van der Waals surface area contributed by atoms with Crippen molar-refractivity contribution in [1.29, 1.82) is 0 Å². The molecule has 2 aliphatic rings. The molecule has 3 atom stereocenters. The Balaban J connectivity index is 1.58. The molecule has 0 radical (unpaired) electrons. The van der Waals surface area contributed by atoms with Crippen LogP contribution in [0.1, 0.15) is 52.6 Å². The van der Waals surface area contributed by atoms with Crippen LogP contribution in [0.4, 0.5) is 0 Å². The maximum atomic E-state index is 11.3. The van der Waals surface area contributed by atoms with E-state index in [2.05, 4.69) is 36.9 Å². The fourth-order valence-corrected chi connectivity index (χ4v) is 4.95. The van der Waals surface area contributed by atoms with Crippen molar-refractivity contribution in [2.24, 2.45) is 11.5 Å². The van der Waals surface area contributed by atoms with Gasteiger partial charge in [-0.1, -0.05) is 23.8 Å². The first-order chi connectivity index (χ1) is 14.4. The van der Waals surface area contributed by atoms with Gasteiger partial charge in [-0.05, 0) is 73.4 Å². The molecular formula is C24H31N3O3. The molecule has 1 fully saturated rings. The summed E-state index contributed by atoms with van der Waals surface area (Å²) in [4.78, 5) is 13.9. The first kappa shape index (κ1) is 20.7. The number of methoxy groups -OCH3 is 1. The van der Waals surface area contributed by atoms with Crippen LogP contribution < -0.4 is 20.9 Å². The number of piperidine rings is 1. The van der Waals surface area contributed by atoms with Crippen LogP contribution in [0.5, 0.6) is 11.5 Å². The minimum Gasteiger partial charge on any atom is -0.493 e. The molecule has 4 rings (SSSR count). The van der Waals surface area contributed by atoms with Crippen LogP contribution in [0.3, 0.4) is 0 Å². The van der Waals surface area contributed by atoms with Crippen LogP contribution >= 0.6 is 0 Å². The molecule has 0 aromatic heterocycles. The van der Waals surface area contributed by atoms with E-state index in [0.717, 1.165) is 32.4 Å². The molecule has 0 spiro atoms. The Labute approximate surface area is 178 Å². The van der Waals surface area contributed by atoms with Crippen LogP contribution in [0.15, 0.2) is 30.3 Å². The van der Waals surface area contributed by atoms with Gasteiger partial charge in [0.05, 0.1) is 7.11 Å². The number of carbonyl (C=O) groups is 1. The monoisotopic (exact) mass is 409 g/mol. The molecule has 160 valence electrons. The lowest BCUT2D eigenvalue weighted by Crippen LogP contribution is -2.42. The van der Waals surface area contributed by atoms with E-state index in [1.807, 2.05) is 12.1 Å². The smallest absolute Gasteiger partial charge is 0.273 e. The van der Waals surface area contributed by atoms with E-state index in [1.165, 1.54) is 27.8 Å². The summed E-state index contributed by atoms with van der Waals surface area (Å²) in [6, 6.07) is 11.2. The molecule has 2 heterocycles. The first-order valence-corrected chi connectivity index (χ1v) is 10.6. The Kier molecular flexibility index (Phi) is 5.71. The molecule has 2 aromatic rings. The third-order valence-corrected chi connectivity index (χ3v) is 6.55. The van der Waals surface area contributed by atoms with Gasteiger partial charge >= 0.3 is 0 Å². The number of fused-ring (bicyclic) bond motifs is 3.